The summed E-state index contributed by atoms with van der Waals surface area (Å²) in [6.45, 7) is 1.52. The Kier molecular flexibility index (Phi) is 5.59. The molecule has 3 atom stereocenters. The summed E-state index contributed by atoms with van der Waals surface area (Å²) in [5, 5.41) is 7.54. The van der Waals surface area contributed by atoms with Crippen LogP contribution in [0.4, 0.5) is 4.79 Å². The van der Waals surface area contributed by atoms with Crippen LogP contribution in [0.25, 0.3) is 0 Å². The van der Waals surface area contributed by atoms with E-state index < -0.39 is 10.0 Å². The predicted molar refractivity (Wildman–Crippen MR) is 102 cm³/mol. The first-order chi connectivity index (χ1) is 13.4. The maximum Gasteiger partial charge on any atom is 0.317 e. The van der Waals surface area contributed by atoms with Gasteiger partial charge in [0.2, 0.25) is 5.91 Å². The fourth-order valence-corrected chi connectivity index (χ4v) is 6.30. The maximum atomic E-state index is 12.4. The van der Waals surface area contributed by atoms with Crippen LogP contribution in [-0.4, -0.2) is 63.8 Å². The van der Waals surface area contributed by atoms with Crippen molar-refractivity contribution in [1.82, 2.24) is 20.3 Å². The molecular weight excluding hydrogens is 404 g/mol. The predicted octanol–water partition coefficient (Wildman–Crippen LogP) is 0.309. The van der Waals surface area contributed by atoms with E-state index in [1.807, 2.05) is 0 Å². The summed E-state index contributed by atoms with van der Waals surface area (Å²) in [5.41, 5.74) is 0. The van der Waals surface area contributed by atoms with E-state index in [4.69, 9.17) is 4.74 Å². The van der Waals surface area contributed by atoms with Gasteiger partial charge in [-0.25, -0.2) is 17.9 Å². The Morgan fingerprint density at radius 1 is 1.29 bits per heavy atom. The average molecular weight is 429 g/mol. The number of carbonyl (C=O) groups excluding carboxylic acids is 2. The minimum atomic E-state index is -3.64. The van der Waals surface area contributed by atoms with Crippen LogP contribution in [-0.2, 0) is 19.6 Å². The highest BCUT2D eigenvalue weighted by molar-refractivity contribution is 7.91. The van der Waals surface area contributed by atoms with Gasteiger partial charge in [0, 0.05) is 31.7 Å². The lowest BCUT2D eigenvalue weighted by Crippen LogP contribution is -2.62. The quantitative estimate of drug-likeness (QED) is 0.624. The van der Waals surface area contributed by atoms with Crippen LogP contribution in [0.2, 0.25) is 0 Å². The summed E-state index contributed by atoms with van der Waals surface area (Å²) in [5.74, 6) is 0.310. The number of nitrogens with one attached hydrogen (secondary N) is 3. The monoisotopic (exact) mass is 428 g/mol. The first-order valence-corrected chi connectivity index (χ1v) is 11.8. The van der Waals surface area contributed by atoms with Crippen molar-refractivity contribution in [3.8, 4) is 0 Å². The fourth-order valence-electron chi connectivity index (χ4n) is 4.28. The molecule has 28 heavy (non-hydrogen) atoms. The van der Waals surface area contributed by atoms with Gasteiger partial charge in [-0.3, -0.25) is 4.79 Å². The first-order valence-electron chi connectivity index (χ1n) is 9.43. The normalized spacial score (nSPS) is 28.5. The van der Waals surface area contributed by atoms with Crippen LogP contribution in [0, 0.1) is 11.8 Å². The number of piperidine rings is 1. The third kappa shape index (κ3) is 4.02. The van der Waals surface area contributed by atoms with Gasteiger partial charge in [-0.2, -0.15) is 0 Å². The Morgan fingerprint density at radius 2 is 2.07 bits per heavy atom. The molecule has 3 saturated heterocycles. The summed E-state index contributed by atoms with van der Waals surface area (Å²) in [6, 6.07) is 3.02. The van der Waals surface area contributed by atoms with E-state index in [2.05, 4.69) is 15.4 Å². The van der Waals surface area contributed by atoms with Gasteiger partial charge >= 0.3 is 6.03 Å². The van der Waals surface area contributed by atoms with Gasteiger partial charge in [-0.15, -0.1) is 11.3 Å². The topological polar surface area (TPSA) is 117 Å². The molecule has 154 valence electrons. The van der Waals surface area contributed by atoms with Crippen molar-refractivity contribution in [1.29, 1.82) is 0 Å². The molecule has 0 bridgehead atoms. The number of nitrogens with zero attached hydrogens (tertiary/aromatic N) is 1. The Hall–Kier alpha value is -1.69. The average Bonchev–Trinajstić information content (AvgIpc) is 3.37. The molecule has 3 aliphatic heterocycles. The third-order valence-electron chi connectivity index (χ3n) is 5.74. The van der Waals surface area contributed by atoms with E-state index in [0.717, 1.165) is 30.6 Å². The molecule has 11 heteroatoms. The number of hydrogen-bond donors (Lipinski definition) is 3. The zero-order chi connectivity index (χ0) is 19.7. The van der Waals surface area contributed by atoms with E-state index in [1.54, 1.807) is 16.3 Å². The van der Waals surface area contributed by atoms with Crippen LogP contribution in [0.1, 0.15) is 19.3 Å². The second-order valence-corrected chi connectivity index (χ2v) is 10.3. The Labute approximate surface area is 167 Å². The largest absolute Gasteiger partial charge is 0.358 e. The zero-order valence-electron chi connectivity index (χ0n) is 15.3. The Bertz CT molecular complexity index is 821. The lowest BCUT2D eigenvalue weighted by atomic mass is 9.80. The summed E-state index contributed by atoms with van der Waals surface area (Å²) in [4.78, 5) is 26.0. The second kappa shape index (κ2) is 7.97. The molecule has 3 fully saturated rings. The highest BCUT2D eigenvalue weighted by Crippen LogP contribution is 2.33. The molecule has 0 spiro atoms. The van der Waals surface area contributed by atoms with Gasteiger partial charge < -0.3 is 20.3 Å². The van der Waals surface area contributed by atoms with Gasteiger partial charge in [0.25, 0.3) is 10.0 Å². The molecule has 1 aromatic heterocycles. The number of hydrogen-bond acceptors (Lipinski definition) is 6. The molecular formula is C17H24N4O5S2. The van der Waals surface area contributed by atoms with Crippen molar-refractivity contribution in [3.63, 3.8) is 0 Å². The molecule has 0 aliphatic carbocycles. The number of fused-ring (bicyclic) bond motifs is 1. The van der Waals surface area contributed by atoms with Gasteiger partial charge in [-0.05, 0) is 36.6 Å². The van der Waals surface area contributed by atoms with E-state index in [9.17, 15) is 18.0 Å². The minimum absolute atomic E-state index is 0.0517. The molecule has 0 unspecified atom stereocenters. The number of rotatable bonds is 5. The fraction of sp³-hybridized carbons (Fsp3) is 0.647. The van der Waals surface area contributed by atoms with E-state index >= 15 is 0 Å². The van der Waals surface area contributed by atoms with E-state index in [0.29, 0.717) is 19.7 Å². The molecule has 4 heterocycles. The van der Waals surface area contributed by atoms with Gasteiger partial charge in [0.1, 0.15) is 10.4 Å². The zero-order valence-corrected chi connectivity index (χ0v) is 16.9. The maximum absolute atomic E-state index is 12.4. The van der Waals surface area contributed by atoms with E-state index in [1.165, 1.54) is 6.07 Å². The lowest BCUT2D eigenvalue weighted by Gasteiger charge is -2.42. The highest BCUT2D eigenvalue weighted by Gasteiger charge is 2.44. The van der Waals surface area contributed by atoms with Crippen LogP contribution in [0.3, 0.4) is 0 Å². The third-order valence-corrected chi connectivity index (χ3v) is 8.54. The SMILES string of the molecule is O=C1N[C@H]2OCC[C@H]2[C@H](C2CCN(C(=O)CNS(=O)(=O)c3cccs3)CC2)N1. The van der Waals surface area contributed by atoms with Crippen LogP contribution >= 0.6 is 11.3 Å². The second-order valence-electron chi connectivity index (χ2n) is 7.36. The summed E-state index contributed by atoms with van der Waals surface area (Å²) in [6.07, 6.45) is 2.24. The molecule has 9 nitrogen and oxygen atoms in total. The Morgan fingerprint density at radius 3 is 2.79 bits per heavy atom. The van der Waals surface area contributed by atoms with Crippen LogP contribution < -0.4 is 15.4 Å². The smallest absolute Gasteiger partial charge is 0.317 e. The number of urea groups is 1. The molecule has 0 aromatic carbocycles. The molecule has 1 aromatic rings. The first kappa shape index (κ1) is 19.6. The summed E-state index contributed by atoms with van der Waals surface area (Å²) >= 11 is 1.12. The number of thiophene rings is 1. The standard InChI is InChI=1S/C17H24N4O5S2/c22-13(10-18-28(24,25)14-2-1-9-27-14)21-6-3-11(4-7-21)15-12-5-8-26-16(12)20-17(23)19-15/h1-2,9,11-12,15-16,18H,3-8,10H2,(H2,19,20,23)/t12-,15-,16-/m0/s1. The number of amides is 3. The van der Waals surface area contributed by atoms with Crippen molar-refractivity contribution >= 4 is 33.3 Å². The van der Waals surface area contributed by atoms with Gasteiger partial charge in [0.15, 0.2) is 0 Å². The minimum Gasteiger partial charge on any atom is -0.358 e. The number of ether oxygens (including phenoxy) is 1. The highest BCUT2D eigenvalue weighted by atomic mass is 32.2. The van der Waals surface area contributed by atoms with E-state index in [-0.39, 0.29) is 46.8 Å². The number of carbonyl (C=O) groups is 2. The molecule has 4 rings (SSSR count). The summed E-state index contributed by atoms with van der Waals surface area (Å²) < 4.78 is 32.5. The van der Waals surface area contributed by atoms with Gasteiger partial charge in [0.05, 0.1) is 6.54 Å². The van der Waals surface area contributed by atoms with Gasteiger partial charge in [-0.1, -0.05) is 6.07 Å². The number of sulfonamides is 1. The lowest BCUT2D eigenvalue weighted by molar-refractivity contribution is -0.131. The molecule has 0 radical (unpaired) electrons. The molecule has 3 aliphatic rings. The molecule has 3 N–H and O–H groups in total. The Balaban J connectivity index is 1.29. The van der Waals surface area contributed by atoms with Crippen molar-refractivity contribution < 1.29 is 22.7 Å². The molecule has 3 amide bonds. The van der Waals surface area contributed by atoms with Crippen molar-refractivity contribution in [2.75, 3.05) is 26.2 Å². The van der Waals surface area contributed by atoms with Crippen LogP contribution in [0.5, 0.6) is 0 Å². The number of likely N-dealkylation sites (tertiary alicyclic amines) is 1. The van der Waals surface area contributed by atoms with Crippen molar-refractivity contribution in [2.45, 2.75) is 35.7 Å². The van der Waals surface area contributed by atoms with Crippen molar-refractivity contribution in [3.05, 3.63) is 17.5 Å². The van der Waals surface area contributed by atoms with Crippen molar-refractivity contribution in [2.24, 2.45) is 11.8 Å². The molecule has 0 saturated carbocycles. The van der Waals surface area contributed by atoms with Crippen LogP contribution in [0.15, 0.2) is 21.7 Å². The summed E-state index contributed by atoms with van der Waals surface area (Å²) in [7, 11) is -3.64.